The first-order chi connectivity index (χ1) is 12.0. The fourth-order valence-electron chi connectivity index (χ4n) is 3.02. The average molecular weight is 346 g/mol. The van der Waals surface area contributed by atoms with Crippen LogP contribution in [0.3, 0.4) is 0 Å². The molecule has 3 amide bonds. The predicted molar refractivity (Wildman–Crippen MR) is 100 cm³/mol. The molecule has 1 fully saturated rings. The number of anilines is 1. The minimum Gasteiger partial charge on any atom is -0.352 e. The SMILES string of the molecule is CC1CCN(Cc2ccc(NC(=O)CCCCNC(N)=O)cc2)CC1. The van der Waals surface area contributed by atoms with Crippen molar-refractivity contribution in [3.8, 4) is 0 Å². The normalized spacial score (nSPS) is 15.7. The average Bonchev–Trinajstić information content (AvgIpc) is 2.58. The van der Waals surface area contributed by atoms with Gasteiger partial charge in [0.15, 0.2) is 0 Å². The Morgan fingerprint density at radius 1 is 1.16 bits per heavy atom. The van der Waals surface area contributed by atoms with Crippen LogP contribution >= 0.6 is 0 Å². The van der Waals surface area contributed by atoms with Crippen LogP contribution < -0.4 is 16.4 Å². The van der Waals surface area contributed by atoms with Crippen molar-refractivity contribution in [3.63, 3.8) is 0 Å². The Bertz CT molecular complexity index is 551. The van der Waals surface area contributed by atoms with Gasteiger partial charge in [0.2, 0.25) is 5.91 Å². The molecular formula is C19H30N4O2. The van der Waals surface area contributed by atoms with Crippen molar-refractivity contribution in [1.29, 1.82) is 0 Å². The number of carbonyl (C=O) groups excluding carboxylic acids is 2. The van der Waals surface area contributed by atoms with Crippen LogP contribution in [0.25, 0.3) is 0 Å². The maximum atomic E-state index is 11.9. The molecule has 0 spiro atoms. The number of unbranched alkanes of at least 4 members (excludes halogenated alkanes) is 1. The van der Waals surface area contributed by atoms with Crippen molar-refractivity contribution < 1.29 is 9.59 Å². The van der Waals surface area contributed by atoms with Crippen molar-refractivity contribution in [2.45, 2.75) is 45.6 Å². The third-order valence-corrected chi connectivity index (χ3v) is 4.65. The largest absolute Gasteiger partial charge is 0.352 e. The molecule has 1 aromatic carbocycles. The van der Waals surface area contributed by atoms with E-state index in [0.717, 1.165) is 31.0 Å². The van der Waals surface area contributed by atoms with Gasteiger partial charge in [-0.15, -0.1) is 0 Å². The van der Waals surface area contributed by atoms with Crippen molar-refractivity contribution >= 4 is 17.6 Å². The Labute approximate surface area is 150 Å². The molecule has 2 rings (SSSR count). The second kappa shape index (κ2) is 10.0. The summed E-state index contributed by atoms with van der Waals surface area (Å²) < 4.78 is 0. The highest BCUT2D eigenvalue weighted by molar-refractivity contribution is 5.90. The highest BCUT2D eigenvalue weighted by atomic mass is 16.2. The van der Waals surface area contributed by atoms with Crippen LogP contribution in [0, 0.1) is 5.92 Å². The number of benzene rings is 1. The zero-order chi connectivity index (χ0) is 18.1. The van der Waals surface area contributed by atoms with Crippen LogP contribution in [0.4, 0.5) is 10.5 Å². The fraction of sp³-hybridized carbons (Fsp3) is 0.579. The molecule has 1 saturated heterocycles. The van der Waals surface area contributed by atoms with E-state index in [1.54, 1.807) is 0 Å². The summed E-state index contributed by atoms with van der Waals surface area (Å²) in [5, 5.41) is 5.43. The summed E-state index contributed by atoms with van der Waals surface area (Å²) in [4.78, 5) is 24.9. The maximum Gasteiger partial charge on any atom is 0.312 e. The topological polar surface area (TPSA) is 87.5 Å². The Hall–Kier alpha value is -2.08. The predicted octanol–water partition coefficient (Wildman–Crippen LogP) is 2.70. The summed E-state index contributed by atoms with van der Waals surface area (Å²) in [7, 11) is 0. The fourth-order valence-corrected chi connectivity index (χ4v) is 3.02. The van der Waals surface area contributed by atoms with Gasteiger partial charge in [-0.2, -0.15) is 0 Å². The number of piperidine rings is 1. The van der Waals surface area contributed by atoms with Crippen molar-refractivity contribution in [3.05, 3.63) is 29.8 Å². The van der Waals surface area contributed by atoms with Gasteiger partial charge >= 0.3 is 6.03 Å². The van der Waals surface area contributed by atoms with Gasteiger partial charge in [-0.1, -0.05) is 19.1 Å². The van der Waals surface area contributed by atoms with Crippen molar-refractivity contribution in [2.24, 2.45) is 11.7 Å². The molecule has 0 unspecified atom stereocenters. The van der Waals surface area contributed by atoms with Crippen LogP contribution in [0.1, 0.15) is 44.6 Å². The summed E-state index contributed by atoms with van der Waals surface area (Å²) in [5.74, 6) is 0.845. The van der Waals surface area contributed by atoms with Crippen LogP contribution in [0.5, 0.6) is 0 Å². The number of hydrogen-bond acceptors (Lipinski definition) is 3. The van der Waals surface area contributed by atoms with Gasteiger partial charge in [0, 0.05) is 25.2 Å². The number of rotatable bonds is 8. The van der Waals surface area contributed by atoms with Crippen LogP contribution in [-0.4, -0.2) is 36.5 Å². The number of nitrogens with two attached hydrogens (primary N) is 1. The first-order valence-electron chi connectivity index (χ1n) is 9.17. The number of urea groups is 1. The molecule has 0 saturated carbocycles. The van der Waals surface area contributed by atoms with Gasteiger partial charge in [0.05, 0.1) is 0 Å². The number of hydrogen-bond donors (Lipinski definition) is 3. The summed E-state index contributed by atoms with van der Waals surface area (Å²) in [6.45, 7) is 6.15. The molecule has 25 heavy (non-hydrogen) atoms. The zero-order valence-electron chi connectivity index (χ0n) is 15.1. The number of carbonyl (C=O) groups is 2. The van der Waals surface area contributed by atoms with Crippen LogP contribution in [0.2, 0.25) is 0 Å². The summed E-state index contributed by atoms with van der Waals surface area (Å²) in [6.07, 6.45) is 4.46. The number of likely N-dealkylation sites (tertiary alicyclic amines) is 1. The number of nitrogens with zero attached hydrogens (tertiary/aromatic N) is 1. The molecule has 4 N–H and O–H groups in total. The molecule has 1 aliphatic rings. The molecular weight excluding hydrogens is 316 g/mol. The Balaban J connectivity index is 1.67. The van der Waals surface area contributed by atoms with Crippen LogP contribution in [-0.2, 0) is 11.3 Å². The van der Waals surface area contributed by atoms with E-state index in [4.69, 9.17) is 5.73 Å². The van der Waals surface area contributed by atoms with E-state index in [9.17, 15) is 9.59 Å². The standard InChI is InChI=1S/C19H30N4O2/c1-15-9-12-23(13-10-15)14-16-5-7-17(8-6-16)22-18(24)4-2-3-11-21-19(20)25/h5-8,15H,2-4,9-14H2,1H3,(H,22,24)(H3,20,21,25). The zero-order valence-corrected chi connectivity index (χ0v) is 15.1. The summed E-state index contributed by atoms with van der Waals surface area (Å²) in [6, 6.07) is 7.58. The molecule has 1 aromatic rings. The lowest BCUT2D eigenvalue weighted by atomic mass is 9.99. The highest BCUT2D eigenvalue weighted by Gasteiger charge is 2.15. The molecule has 138 valence electrons. The molecule has 6 heteroatoms. The van der Waals surface area contributed by atoms with Gasteiger partial charge in [-0.25, -0.2) is 4.79 Å². The van der Waals surface area contributed by atoms with Gasteiger partial charge in [-0.3, -0.25) is 9.69 Å². The molecule has 0 radical (unpaired) electrons. The second-order valence-electron chi connectivity index (χ2n) is 6.95. The summed E-state index contributed by atoms with van der Waals surface area (Å²) in [5.41, 5.74) is 7.09. The number of primary amides is 1. The Kier molecular flexibility index (Phi) is 7.73. The summed E-state index contributed by atoms with van der Waals surface area (Å²) >= 11 is 0. The molecule has 0 bridgehead atoms. The Morgan fingerprint density at radius 3 is 2.48 bits per heavy atom. The van der Waals surface area contributed by atoms with Gasteiger partial charge < -0.3 is 16.4 Å². The van der Waals surface area contributed by atoms with Crippen molar-refractivity contribution in [2.75, 3.05) is 25.0 Å². The lowest BCUT2D eigenvalue weighted by Crippen LogP contribution is -2.32. The monoisotopic (exact) mass is 346 g/mol. The first-order valence-corrected chi connectivity index (χ1v) is 9.17. The van der Waals surface area contributed by atoms with E-state index in [1.165, 1.54) is 31.5 Å². The van der Waals surface area contributed by atoms with Crippen LogP contribution in [0.15, 0.2) is 24.3 Å². The molecule has 6 nitrogen and oxygen atoms in total. The third kappa shape index (κ3) is 7.56. The lowest BCUT2D eigenvalue weighted by Gasteiger charge is -2.30. The molecule has 1 aliphatic heterocycles. The molecule has 1 heterocycles. The quantitative estimate of drug-likeness (QED) is 0.632. The lowest BCUT2D eigenvalue weighted by molar-refractivity contribution is -0.116. The minimum absolute atomic E-state index is 0.00292. The van der Waals surface area contributed by atoms with E-state index in [1.807, 2.05) is 12.1 Å². The van der Waals surface area contributed by atoms with Gasteiger partial charge in [0.1, 0.15) is 0 Å². The third-order valence-electron chi connectivity index (χ3n) is 4.65. The molecule has 0 atom stereocenters. The first kappa shape index (κ1) is 19.2. The van der Waals surface area contributed by atoms with E-state index in [2.05, 4.69) is 34.6 Å². The number of nitrogens with one attached hydrogen (secondary N) is 2. The minimum atomic E-state index is -0.524. The van der Waals surface area contributed by atoms with E-state index in [0.29, 0.717) is 13.0 Å². The Morgan fingerprint density at radius 2 is 1.84 bits per heavy atom. The van der Waals surface area contributed by atoms with E-state index < -0.39 is 6.03 Å². The molecule has 0 aliphatic carbocycles. The van der Waals surface area contributed by atoms with Crippen molar-refractivity contribution in [1.82, 2.24) is 10.2 Å². The number of amides is 3. The van der Waals surface area contributed by atoms with E-state index >= 15 is 0 Å². The van der Waals surface area contributed by atoms with Gasteiger partial charge in [-0.05, 0) is 62.4 Å². The second-order valence-corrected chi connectivity index (χ2v) is 6.95. The smallest absolute Gasteiger partial charge is 0.312 e. The van der Waals surface area contributed by atoms with Gasteiger partial charge in [0.25, 0.3) is 0 Å². The van der Waals surface area contributed by atoms with E-state index in [-0.39, 0.29) is 5.91 Å². The highest BCUT2D eigenvalue weighted by Crippen LogP contribution is 2.19. The molecule has 0 aromatic heterocycles. The maximum absolute atomic E-state index is 11.9.